The molecule has 2 aliphatic rings. The number of benzene rings is 2. The van der Waals surface area contributed by atoms with Crippen LogP contribution in [0.4, 0.5) is 4.79 Å². The van der Waals surface area contributed by atoms with E-state index in [0.717, 1.165) is 0 Å². The number of aliphatic carboxylic acids is 1. The lowest BCUT2D eigenvalue weighted by atomic mass is 9.98. The molecule has 0 radical (unpaired) electrons. The summed E-state index contributed by atoms with van der Waals surface area (Å²) in [4.78, 5) is 37.7. The first-order chi connectivity index (χ1) is 16.4. The summed E-state index contributed by atoms with van der Waals surface area (Å²) >= 11 is 1.38. The standard InChI is InChI=1S/C26H30N2O5S/c1-17(7-6-12-24(29)28-13-14-34-23(15-28)25(30)31)27-26(32)33-16-22-20-10-4-2-8-18(20)19-9-3-5-11-21(19)22/h2-5,8-11,17,22-23H,6-7,12-16H2,1H3,(H,27,32)(H,30,31). The van der Waals surface area contributed by atoms with Crippen molar-refractivity contribution in [2.45, 2.75) is 43.4 Å². The van der Waals surface area contributed by atoms with Crippen LogP contribution in [0, 0.1) is 0 Å². The van der Waals surface area contributed by atoms with Crippen molar-refractivity contribution in [3.8, 4) is 11.1 Å². The summed E-state index contributed by atoms with van der Waals surface area (Å²) < 4.78 is 5.58. The van der Waals surface area contributed by atoms with Crippen molar-refractivity contribution >= 4 is 29.7 Å². The van der Waals surface area contributed by atoms with Gasteiger partial charge in [0.15, 0.2) is 0 Å². The van der Waals surface area contributed by atoms with Crippen LogP contribution in [0.5, 0.6) is 0 Å². The first-order valence-electron chi connectivity index (χ1n) is 11.7. The van der Waals surface area contributed by atoms with Crippen LogP contribution in [0.1, 0.15) is 43.2 Å². The van der Waals surface area contributed by atoms with Crippen LogP contribution >= 0.6 is 11.8 Å². The van der Waals surface area contributed by atoms with Crippen LogP contribution in [0.3, 0.4) is 0 Å². The molecule has 1 aliphatic carbocycles. The molecule has 180 valence electrons. The van der Waals surface area contributed by atoms with Gasteiger partial charge in [0.05, 0.1) is 0 Å². The second kappa shape index (κ2) is 11.0. The van der Waals surface area contributed by atoms with Crippen LogP contribution in [0.15, 0.2) is 48.5 Å². The average molecular weight is 483 g/mol. The van der Waals surface area contributed by atoms with Crippen LogP contribution in [-0.2, 0) is 14.3 Å². The number of carboxylic acid groups (broad SMARTS) is 1. The number of carbonyl (C=O) groups excluding carboxylic acids is 2. The Labute approximate surface area is 203 Å². The highest BCUT2D eigenvalue weighted by atomic mass is 32.2. The van der Waals surface area contributed by atoms with Gasteiger partial charge in [-0.1, -0.05) is 48.5 Å². The topological polar surface area (TPSA) is 95.9 Å². The Morgan fingerprint density at radius 1 is 1.12 bits per heavy atom. The van der Waals surface area contributed by atoms with Gasteiger partial charge >= 0.3 is 12.1 Å². The molecule has 2 amide bonds. The number of hydrogen-bond acceptors (Lipinski definition) is 5. The van der Waals surface area contributed by atoms with Crippen LogP contribution in [0.25, 0.3) is 11.1 Å². The van der Waals surface area contributed by atoms with Crippen LogP contribution < -0.4 is 5.32 Å². The third-order valence-corrected chi connectivity index (χ3v) is 7.60. The molecule has 1 aliphatic heterocycles. The minimum atomic E-state index is -0.872. The predicted molar refractivity (Wildman–Crippen MR) is 132 cm³/mol. The molecule has 2 atom stereocenters. The molecular formula is C26H30N2O5S. The number of rotatable bonds is 8. The minimum Gasteiger partial charge on any atom is -0.480 e. The molecule has 1 saturated heterocycles. The van der Waals surface area contributed by atoms with Crippen LogP contribution in [-0.4, -0.2) is 64.7 Å². The monoisotopic (exact) mass is 482 g/mol. The Kier molecular flexibility index (Phi) is 7.77. The maximum absolute atomic E-state index is 12.4. The lowest BCUT2D eigenvalue weighted by Gasteiger charge is -2.30. The largest absolute Gasteiger partial charge is 0.480 e. The molecule has 0 spiro atoms. The molecule has 2 unspecified atom stereocenters. The number of hydrogen-bond donors (Lipinski definition) is 2. The maximum atomic E-state index is 12.4. The third kappa shape index (κ3) is 5.55. The van der Waals surface area contributed by atoms with Gasteiger partial charge in [-0.25, -0.2) is 4.79 Å². The van der Waals surface area contributed by atoms with Gasteiger partial charge in [-0.3, -0.25) is 9.59 Å². The lowest BCUT2D eigenvalue weighted by Crippen LogP contribution is -2.44. The number of nitrogens with zero attached hydrogens (tertiary/aromatic N) is 1. The van der Waals surface area contributed by atoms with E-state index in [-0.39, 0.29) is 31.0 Å². The van der Waals surface area contributed by atoms with E-state index in [1.807, 2.05) is 31.2 Å². The summed E-state index contributed by atoms with van der Waals surface area (Å²) in [6, 6.07) is 16.3. The quantitative estimate of drug-likeness (QED) is 0.588. The minimum absolute atomic E-state index is 0.0170. The normalized spacial score (nSPS) is 18.0. The number of fused-ring (bicyclic) bond motifs is 3. The molecule has 0 aromatic heterocycles. The molecule has 34 heavy (non-hydrogen) atoms. The fourth-order valence-corrected chi connectivity index (χ4v) is 5.69. The van der Waals surface area contributed by atoms with Gasteiger partial charge < -0.3 is 20.1 Å². The summed E-state index contributed by atoms with van der Waals surface area (Å²) in [7, 11) is 0. The average Bonchev–Trinajstić information content (AvgIpc) is 3.16. The van der Waals surface area contributed by atoms with Crippen molar-refractivity contribution in [2.24, 2.45) is 0 Å². The lowest BCUT2D eigenvalue weighted by molar-refractivity contribution is -0.138. The predicted octanol–water partition coefficient (Wildman–Crippen LogP) is 4.11. The SMILES string of the molecule is CC(CCCC(=O)N1CCSC(C(=O)O)C1)NC(=O)OCC1c2ccccc2-c2ccccc21. The summed E-state index contributed by atoms with van der Waals surface area (Å²) in [6.45, 7) is 3.00. The molecule has 2 N–H and O–H groups in total. The van der Waals surface area contributed by atoms with E-state index in [1.54, 1.807) is 4.90 Å². The smallest absolute Gasteiger partial charge is 0.407 e. The Hall–Kier alpha value is -3.00. The van der Waals surface area contributed by atoms with Crippen molar-refractivity contribution in [3.63, 3.8) is 0 Å². The summed E-state index contributed by atoms with van der Waals surface area (Å²) in [6.07, 6.45) is 1.14. The second-order valence-electron chi connectivity index (χ2n) is 8.80. The molecule has 2 aromatic carbocycles. The van der Waals surface area contributed by atoms with Gasteiger partial charge in [0.25, 0.3) is 0 Å². The van der Waals surface area contributed by atoms with Gasteiger partial charge in [0, 0.05) is 37.2 Å². The van der Waals surface area contributed by atoms with E-state index >= 15 is 0 Å². The highest BCUT2D eigenvalue weighted by Gasteiger charge is 2.30. The van der Waals surface area contributed by atoms with E-state index in [2.05, 4.69) is 29.6 Å². The molecule has 2 aromatic rings. The van der Waals surface area contributed by atoms with Crippen LogP contribution in [0.2, 0.25) is 0 Å². The molecule has 1 heterocycles. The first-order valence-corrected chi connectivity index (χ1v) is 12.7. The van der Waals surface area contributed by atoms with Crippen molar-refractivity contribution < 1.29 is 24.2 Å². The molecule has 1 fully saturated rings. The molecule has 4 rings (SSSR count). The zero-order valence-corrected chi connectivity index (χ0v) is 20.1. The van der Waals surface area contributed by atoms with Crippen molar-refractivity contribution in [3.05, 3.63) is 59.7 Å². The number of carbonyl (C=O) groups is 3. The zero-order valence-electron chi connectivity index (χ0n) is 19.2. The Morgan fingerprint density at radius 3 is 2.41 bits per heavy atom. The summed E-state index contributed by atoms with van der Waals surface area (Å²) in [5, 5.41) is 11.5. The molecule has 0 bridgehead atoms. The highest BCUT2D eigenvalue weighted by molar-refractivity contribution is 8.00. The third-order valence-electron chi connectivity index (χ3n) is 6.43. The Bertz CT molecular complexity index is 1010. The number of alkyl carbamates (subject to hydrolysis) is 1. The van der Waals surface area contributed by atoms with Gasteiger partial charge in [-0.05, 0) is 42.0 Å². The molecule has 8 heteroatoms. The van der Waals surface area contributed by atoms with Gasteiger partial charge in [-0.15, -0.1) is 11.8 Å². The van der Waals surface area contributed by atoms with E-state index in [1.165, 1.54) is 34.0 Å². The van der Waals surface area contributed by atoms with Crippen molar-refractivity contribution in [1.29, 1.82) is 0 Å². The molecule has 7 nitrogen and oxygen atoms in total. The first kappa shape index (κ1) is 24.1. The fourth-order valence-electron chi connectivity index (χ4n) is 4.66. The number of thioether (sulfide) groups is 1. The number of nitrogens with one attached hydrogen (secondary N) is 1. The van der Waals surface area contributed by atoms with Gasteiger partial charge in [0.1, 0.15) is 11.9 Å². The van der Waals surface area contributed by atoms with E-state index in [4.69, 9.17) is 9.84 Å². The number of ether oxygens (including phenoxy) is 1. The molecule has 0 saturated carbocycles. The zero-order chi connectivity index (χ0) is 24.1. The molecular weight excluding hydrogens is 452 g/mol. The summed E-state index contributed by atoms with van der Waals surface area (Å²) in [5.41, 5.74) is 4.72. The second-order valence-corrected chi connectivity index (χ2v) is 10.1. The van der Waals surface area contributed by atoms with Gasteiger partial charge in [0.2, 0.25) is 5.91 Å². The fraction of sp³-hybridized carbons (Fsp3) is 0.423. The number of carboxylic acids is 1. The van der Waals surface area contributed by atoms with Gasteiger partial charge in [-0.2, -0.15) is 0 Å². The van der Waals surface area contributed by atoms with E-state index in [0.29, 0.717) is 31.6 Å². The van der Waals surface area contributed by atoms with E-state index < -0.39 is 17.3 Å². The van der Waals surface area contributed by atoms with Crippen molar-refractivity contribution in [1.82, 2.24) is 10.2 Å². The highest BCUT2D eigenvalue weighted by Crippen LogP contribution is 2.44. The van der Waals surface area contributed by atoms with E-state index in [9.17, 15) is 14.4 Å². The Morgan fingerprint density at radius 2 is 1.76 bits per heavy atom. The van der Waals surface area contributed by atoms with Crippen molar-refractivity contribution in [2.75, 3.05) is 25.4 Å². The Balaban J connectivity index is 1.21. The summed E-state index contributed by atoms with van der Waals surface area (Å²) in [5.74, 6) is -0.241. The maximum Gasteiger partial charge on any atom is 0.407 e. The number of amides is 2.